The normalized spacial score (nSPS) is 16.0. The van der Waals surface area contributed by atoms with Gasteiger partial charge in [0.15, 0.2) is 0 Å². The molecule has 0 aliphatic carbocycles. The minimum atomic E-state index is -0.0783. The van der Waals surface area contributed by atoms with Crippen molar-refractivity contribution in [3.8, 4) is 0 Å². The van der Waals surface area contributed by atoms with Crippen LogP contribution in [0, 0.1) is 24.7 Å². The smallest absolute Gasteiger partial charge is 0.227 e. The summed E-state index contributed by atoms with van der Waals surface area (Å²) in [5.74, 6) is 0.307. The van der Waals surface area contributed by atoms with E-state index in [1.165, 1.54) is 0 Å². The summed E-state index contributed by atoms with van der Waals surface area (Å²) in [5.41, 5.74) is 2.44. The molecule has 2 amide bonds. The molecule has 5 heteroatoms. The SMILES string of the molecule is Cc1ccc(NC(=O)C(C)C)cc1NC(=O)C(C)C1CNC1. The lowest BCUT2D eigenvalue weighted by Crippen LogP contribution is -2.48. The van der Waals surface area contributed by atoms with Gasteiger partial charge < -0.3 is 16.0 Å². The lowest BCUT2D eigenvalue weighted by Gasteiger charge is -2.31. The molecule has 1 aliphatic rings. The zero-order valence-corrected chi connectivity index (χ0v) is 13.7. The molecule has 1 saturated heterocycles. The molecule has 120 valence electrons. The van der Waals surface area contributed by atoms with Crippen LogP contribution in [0.2, 0.25) is 0 Å². The predicted octanol–water partition coefficient (Wildman–Crippen LogP) is 2.38. The fourth-order valence-electron chi connectivity index (χ4n) is 2.25. The maximum absolute atomic E-state index is 12.3. The molecule has 22 heavy (non-hydrogen) atoms. The monoisotopic (exact) mass is 303 g/mol. The summed E-state index contributed by atoms with van der Waals surface area (Å²) in [6.45, 7) is 9.40. The van der Waals surface area contributed by atoms with E-state index in [-0.39, 0.29) is 23.7 Å². The Morgan fingerprint density at radius 3 is 2.36 bits per heavy atom. The Bertz CT molecular complexity index is 565. The summed E-state index contributed by atoms with van der Waals surface area (Å²) in [5, 5.41) is 9.03. The average molecular weight is 303 g/mol. The van der Waals surface area contributed by atoms with Crippen LogP contribution in [0.3, 0.4) is 0 Å². The minimum Gasteiger partial charge on any atom is -0.326 e. The van der Waals surface area contributed by atoms with Crippen molar-refractivity contribution in [2.24, 2.45) is 17.8 Å². The van der Waals surface area contributed by atoms with Gasteiger partial charge in [-0.05, 0) is 43.6 Å². The third kappa shape index (κ3) is 3.85. The predicted molar refractivity (Wildman–Crippen MR) is 88.8 cm³/mol. The highest BCUT2D eigenvalue weighted by Gasteiger charge is 2.28. The number of anilines is 2. The van der Waals surface area contributed by atoms with E-state index >= 15 is 0 Å². The highest BCUT2D eigenvalue weighted by atomic mass is 16.2. The van der Waals surface area contributed by atoms with Crippen LogP contribution in [0.4, 0.5) is 11.4 Å². The topological polar surface area (TPSA) is 70.2 Å². The molecule has 1 aromatic carbocycles. The Morgan fingerprint density at radius 1 is 1.14 bits per heavy atom. The summed E-state index contributed by atoms with van der Waals surface area (Å²) < 4.78 is 0. The molecule has 0 spiro atoms. The van der Waals surface area contributed by atoms with Crippen molar-refractivity contribution in [3.63, 3.8) is 0 Å². The van der Waals surface area contributed by atoms with Crippen LogP contribution in [0.5, 0.6) is 0 Å². The van der Waals surface area contributed by atoms with E-state index in [1.54, 1.807) is 0 Å². The zero-order chi connectivity index (χ0) is 16.3. The quantitative estimate of drug-likeness (QED) is 0.782. The molecular formula is C17H25N3O2. The van der Waals surface area contributed by atoms with Crippen LogP contribution in [0.1, 0.15) is 26.3 Å². The second-order valence-electron chi connectivity index (χ2n) is 6.37. The van der Waals surface area contributed by atoms with Crippen LogP contribution in [0.15, 0.2) is 18.2 Å². The Balaban J connectivity index is 2.06. The maximum Gasteiger partial charge on any atom is 0.227 e. The number of hydrogen-bond acceptors (Lipinski definition) is 3. The first kappa shape index (κ1) is 16.5. The Labute approximate surface area is 131 Å². The van der Waals surface area contributed by atoms with Gasteiger partial charge in [0.2, 0.25) is 11.8 Å². The maximum atomic E-state index is 12.3. The van der Waals surface area contributed by atoms with E-state index < -0.39 is 0 Å². The molecule has 0 radical (unpaired) electrons. The van der Waals surface area contributed by atoms with Gasteiger partial charge in [-0.25, -0.2) is 0 Å². The summed E-state index contributed by atoms with van der Waals surface area (Å²) in [4.78, 5) is 24.1. The lowest BCUT2D eigenvalue weighted by molar-refractivity contribution is -0.121. The van der Waals surface area contributed by atoms with Gasteiger partial charge >= 0.3 is 0 Å². The largest absolute Gasteiger partial charge is 0.326 e. The third-order valence-electron chi connectivity index (χ3n) is 4.22. The zero-order valence-electron chi connectivity index (χ0n) is 13.7. The molecule has 3 N–H and O–H groups in total. The molecule has 0 bridgehead atoms. The molecule has 1 atom stereocenters. The fourth-order valence-corrected chi connectivity index (χ4v) is 2.25. The second kappa shape index (κ2) is 6.92. The van der Waals surface area contributed by atoms with Gasteiger partial charge in [-0.2, -0.15) is 0 Å². The van der Waals surface area contributed by atoms with E-state index in [4.69, 9.17) is 0 Å². The standard InChI is InChI=1S/C17H25N3O2/c1-10(2)16(21)19-14-6-5-11(3)15(7-14)20-17(22)12(4)13-8-18-9-13/h5-7,10,12-13,18H,8-9H2,1-4H3,(H,19,21)(H,20,22). The van der Waals surface area contributed by atoms with Gasteiger partial charge in [-0.15, -0.1) is 0 Å². The second-order valence-corrected chi connectivity index (χ2v) is 6.37. The van der Waals surface area contributed by atoms with Crippen molar-refractivity contribution in [1.82, 2.24) is 5.32 Å². The van der Waals surface area contributed by atoms with Crippen LogP contribution in [-0.2, 0) is 9.59 Å². The molecule has 5 nitrogen and oxygen atoms in total. The summed E-state index contributed by atoms with van der Waals surface area (Å²) in [6, 6.07) is 5.57. The highest BCUT2D eigenvalue weighted by molar-refractivity contribution is 5.96. The van der Waals surface area contributed by atoms with Gasteiger partial charge in [0.05, 0.1) is 0 Å². The Hall–Kier alpha value is -1.88. The number of benzene rings is 1. The number of nitrogens with one attached hydrogen (secondary N) is 3. The first-order chi connectivity index (χ1) is 10.4. The molecule has 1 aliphatic heterocycles. The highest BCUT2D eigenvalue weighted by Crippen LogP contribution is 2.23. The molecule has 1 fully saturated rings. The van der Waals surface area contributed by atoms with Crippen LogP contribution >= 0.6 is 0 Å². The van der Waals surface area contributed by atoms with Crippen molar-refractivity contribution in [2.75, 3.05) is 23.7 Å². The average Bonchev–Trinajstić information content (AvgIpc) is 2.40. The van der Waals surface area contributed by atoms with Gasteiger partial charge in [-0.3, -0.25) is 9.59 Å². The summed E-state index contributed by atoms with van der Waals surface area (Å²) >= 11 is 0. The van der Waals surface area contributed by atoms with E-state index in [9.17, 15) is 9.59 Å². The Morgan fingerprint density at radius 2 is 1.82 bits per heavy atom. The third-order valence-corrected chi connectivity index (χ3v) is 4.22. The molecule has 1 aromatic rings. The van der Waals surface area contributed by atoms with E-state index in [2.05, 4.69) is 16.0 Å². The first-order valence-corrected chi connectivity index (χ1v) is 7.81. The number of aryl methyl sites for hydroxylation is 1. The van der Waals surface area contributed by atoms with Gasteiger partial charge in [0.1, 0.15) is 0 Å². The van der Waals surface area contributed by atoms with Crippen molar-refractivity contribution < 1.29 is 9.59 Å². The fraction of sp³-hybridized carbons (Fsp3) is 0.529. The van der Waals surface area contributed by atoms with Gasteiger partial charge in [0.25, 0.3) is 0 Å². The lowest BCUT2D eigenvalue weighted by atomic mass is 9.88. The molecule has 0 aromatic heterocycles. The van der Waals surface area contributed by atoms with E-state index in [0.717, 1.165) is 24.3 Å². The van der Waals surface area contributed by atoms with Crippen LogP contribution in [-0.4, -0.2) is 24.9 Å². The number of amides is 2. The molecule has 0 saturated carbocycles. The van der Waals surface area contributed by atoms with Crippen molar-refractivity contribution in [2.45, 2.75) is 27.7 Å². The van der Waals surface area contributed by atoms with Crippen LogP contribution in [0.25, 0.3) is 0 Å². The molecule has 1 heterocycles. The van der Waals surface area contributed by atoms with Crippen LogP contribution < -0.4 is 16.0 Å². The molecular weight excluding hydrogens is 278 g/mol. The summed E-state index contributed by atoms with van der Waals surface area (Å²) in [6.07, 6.45) is 0. The minimum absolute atomic E-state index is 0.0189. The number of carbonyl (C=O) groups excluding carboxylic acids is 2. The van der Waals surface area contributed by atoms with E-state index in [0.29, 0.717) is 11.6 Å². The number of rotatable bonds is 5. The van der Waals surface area contributed by atoms with Crippen molar-refractivity contribution >= 4 is 23.2 Å². The van der Waals surface area contributed by atoms with Crippen molar-refractivity contribution in [1.29, 1.82) is 0 Å². The molecule has 1 unspecified atom stereocenters. The van der Waals surface area contributed by atoms with Gasteiger partial charge in [-0.1, -0.05) is 26.8 Å². The first-order valence-electron chi connectivity index (χ1n) is 7.81. The van der Waals surface area contributed by atoms with Gasteiger partial charge in [0, 0.05) is 23.2 Å². The van der Waals surface area contributed by atoms with E-state index in [1.807, 2.05) is 45.9 Å². The van der Waals surface area contributed by atoms with Crippen molar-refractivity contribution in [3.05, 3.63) is 23.8 Å². The number of carbonyl (C=O) groups is 2. The number of hydrogen-bond donors (Lipinski definition) is 3. The summed E-state index contributed by atoms with van der Waals surface area (Å²) in [7, 11) is 0. The Kier molecular flexibility index (Phi) is 5.19. The molecule has 2 rings (SSSR count).